The van der Waals surface area contributed by atoms with Crippen LogP contribution in [0.25, 0.3) is 0 Å². The lowest BCUT2D eigenvalue weighted by Gasteiger charge is -2.21. The van der Waals surface area contributed by atoms with E-state index in [1.165, 1.54) is 6.07 Å². The predicted molar refractivity (Wildman–Crippen MR) is 116 cm³/mol. The minimum Gasteiger partial charge on any atom is -0.371 e. The van der Waals surface area contributed by atoms with Gasteiger partial charge in [-0.05, 0) is 37.0 Å². The largest absolute Gasteiger partial charge is 0.371 e. The van der Waals surface area contributed by atoms with Gasteiger partial charge in [0.15, 0.2) is 11.6 Å². The Balaban J connectivity index is 1.39. The highest BCUT2D eigenvalue weighted by Crippen LogP contribution is 2.24. The number of hydrogen-bond acceptors (Lipinski definition) is 3. The molecule has 166 valence electrons. The number of benzene rings is 2. The summed E-state index contributed by atoms with van der Waals surface area (Å²) < 4.78 is 26.5. The van der Waals surface area contributed by atoms with Crippen molar-refractivity contribution < 1.29 is 18.4 Å². The molecule has 1 fully saturated rings. The zero-order chi connectivity index (χ0) is 22.2. The molecule has 2 N–H and O–H groups in total. The summed E-state index contributed by atoms with van der Waals surface area (Å²) in [6.45, 7) is 4.69. The van der Waals surface area contributed by atoms with Crippen LogP contribution in [-0.4, -0.2) is 49.6 Å². The molecule has 2 aromatic carbocycles. The van der Waals surface area contributed by atoms with Gasteiger partial charge < -0.3 is 20.4 Å². The van der Waals surface area contributed by atoms with Crippen molar-refractivity contribution in [3.05, 3.63) is 65.7 Å². The second-order valence-electron chi connectivity index (χ2n) is 7.66. The monoisotopic (exact) mass is 430 g/mol. The van der Waals surface area contributed by atoms with Gasteiger partial charge in [-0.1, -0.05) is 30.3 Å². The van der Waals surface area contributed by atoms with Gasteiger partial charge in [0.25, 0.3) is 0 Å². The van der Waals surface area contributed by atoms with Gasteiger partial charge in [-0.2, -0.15) is 0 Å². The molecule has 0 aromatic heterocycles. The van der Waals surface area contributed by atoms with Crippen molar-refractivity contribution in [1.82, 2.24) is 15.5 Å². The van der Waals surface area contributed by atoms with E-state index in [2.05, 4.69) is 10.6 Å². The Bertz CT molecular complexity index is 894. The second kappa shape index (κ2) is 10.7. The number of rotatable bonds is 8. The molecule has 0 saturated carbocycles. The number of anilines is 1. The maximum absolute atomic E-state index is 13.4. The zero-order valence-electron chi connectivity index (χ0n) is 17.6. The lowest BCUT2D eigenvalue weighted by atomic mass is 10.1. The van der Waals surface area contributed by atoms with Gasteiger partial charge in [-0.3, -0.25) is 4.79 Å². The number of urea groups is 1. The van der Waals surface area contributed by atoms with Gasteiger partial charge in [0.1, 0.15) is 0 Å². The topological polar surface area (TPSA) is 64.7 Å². The molecule has 8 heteroatoms. The van der Waals surface area contributed by atoms with E-state index in [0.717, 1.165) is 18.1 Å². The van der Waals surface area contributed by atoms with Crippen molar-refractivity contribution in [3.63, 3.8) is 0 Å². The molecule has 2 aromatic rings. The summed E-state index contributed by atoms with van der Waals surface area (Å²) in [6, 6.07) is 13.2. The minimum atomic E-state index is -0.864. The van der Waals surface area contributed by atoms with Crippen LogP contribution in [0.1, 0.15) is 18.9 Å². The standard InChI is InChI=1S/C23H28F2N4O2/c1-2-28(15-17-6-4-3-5-7-17)22(30)14-27-23(31)26-13-18-10-11-29(16-18)19-8-9-20(24)21(25)12-19/h3-9,12,18H,2,10-11,13-16H2,1H3,(H2,26,27,31). The summed E-state index contributed by atoms with van der Waals surface area (Å²) >= 11 is 0. The van der Waals surface area contributed by atoms with Crippen molar-refractivity contribution in [2.24, 2.45) is 5.92 Å². The summed E-state index contributed by atoms with van der Waals surface area (Å²) in [7, 11) is 0. The number of amides is 3. The molecular weight excluding hydrogens is 402 g/mol. The van der Waals surface area contributed by atoms with E-state index in [0.29, 0.717) is 38.4 Å². The Labute approximate surface area is 181 Å². The molecule has 3 rings (SSSR count). The molecule has 0 aliphatic carbocycles. The molecule has 1 aliphatic rings. The van der Waals surface area contributed by atoms with Crippen molar-refractivity contribution in [3.8, 4) is 0 Å². The first kappa shape index (κ1) is 22.5. The Hall–Kier alpha value is -3.16. The fourth-order valence-electron chi connectivity index (χ4n) is 3.66. The van der Waals surface area contributed by atoms with Crippen LogP contribution in [0.4, 0.5) is 19.3 Å². The van der Waals surface area contributed by atoms with E-state index >= 15 is 0 Å². The zero-order valence-corrected chi connectivity index (χ0v) is 17.6. The van der Waals surface area contributed by atoms with Gasteiger partial charge in [-0.15, -0.1) is 0 Å². The molecule has 3 amide bonds. The Kier molecular flexibility index (Phi) is 7.81. The molecule has 6 nitrogen and oxygen atoms in total. The molecule has 0 radical (unpaired) electrons. The maximum Gasteiger partial charge on any atom is 0.315 e. The number of halogens is 2. The number of nitrogens with zero attached hydrogens (tertiary/aromatic N) is 2. The summed E-state index contributed by atoms with van der Waals surface area (Å²) in [5.41, 5.74) is 1.67. The molecule has 31 heavy (non-hydrogen) atoms. The first-order valence-corrected chi connectivity index (χ1v) is 10.5. The molecule has 0 spiro atoms. The second-order valence-corrected chi connectivity index (χ2v) is 7.66. The van der Waals surface area contributed by atoms with Crippen molar-refractivity contribution >= 4 is 17.6 Å². The summed E-state index contributed by atoms with van der Waals surface area (Å²) in [5.74, 6) is -1.68. The molecule has 0 bridgehead atoms. The van der Waals surface area contributed by atoms with Crippen LogP contribution in [0.2, 0.25) is 0 Å². The quantitative estimate of drug-likeness (QED) is 0.676. The number of hydrogen-bond donors (Lipinski definition) is 2. The van der Waals surface area contributed by atoms with Gasteiger partial charge in [-0.25, -0.2) is 13.6 Å². The third-order valence-electron chi connectivity index (χ3n) is 5.46. The summed E-state index contributed by atoms with van der Waals surface area (Å²) in [5, 5.41) is 5.42. The van der Waals surface area contributed by atoms with E-state index in [1.54, 1.807) is 11.0 Å². The van der Waals surface area contributed by atoms with Crippen molar-refractivity contribution in [2.45, 2.75) is 19.9 Å². The van der Waals surface area contributed by atoms with Crippen LogP contribution in [0.15, 0.2) is 48.5 Å². The molecule has 1 aliphatic heterocycles. The Morgan fingerprint density at radius 3 is 2.58 bits per heavy atom. The van der Waals surface area contributed by atoms with E-state index in [-0.39, 0.29) is 18.4 Å². The van der Waals surface area contributed by atoms with Crippen LogP contribution in [0, 0.1) is 17.6 Å². The lowest BCUT2D eigenvalue weighted by molar-refractivity contribution is -0.130. The third-order valence-corrected chi connectivity index (χ3v) is 5.46. The van der Waals surface area contributed by atoms with Crippen molar-refractivity contribution in [2.75, 3.05) is 37.6 Å². The summed E-state index contributed by atoms with van der Waals surface area (Å²) in [4.78, 5) is 28.2. The van der Waals surface area contributed by atoms with Gasteiger partial charge in [0, 0.05) is 44.5 Å². The van der Waals surface area contributed by atoms with E-state index < -0.39 is 17.7 Å². The highest BCUT2D eigenvalue weighted by Gasteiger charge is 2.24. The van der Waals surface area contributed by atoms with Crippen LogP contribution in [0.5, 0.6) is 0 Å². The van der Waals surface area contributed by atoms with Crippen LogP contribution in [0.3, 0.4) is 0 Å². The van der Waals surface area contributed by atoms with E-state index in [1.807, 2.05) is 42.2 Å². The molecule has 1 saturated heterocycles. The first-order chi connectivity index (χ1) is 15.0. The number of carbonyl (C=O) groups is 2. The van der Waals surface area contributed by atoms with Crippen LogP contribution < -0.4 is 15.5 Å². The average Bonchev–Trinajstić information content (AvgIpc) is 3.26. The first-order valence-electron chi connectivity index (χ1n) is 10.5. The van der Waals surface area contributed by atoms with Gasteiger partial charge >= 0.3 is 6.03 Å². The summed E-state index contributed by atoms with van der Waals surface area (Å²) in [6.07, 6.45) is 0.832. The maximum atomic E-state index is 13.4. The Morgan fingerprint density at radius 2 is 1.87 bits per heavy atom. The average molecular weight is 430 g/mol. The lowest BCUT2D eigenvalue weighted by Crippen LogP contribution is -2.44. The molecular formula is C23H28F2N4O2. The molecule has 1 atom stereocenters. The van der Waals surface area contributed by atoms with Crippen LogP contribution >= 0.6 is 0 Å². The number of nitrogens with one attached hydrogen (secondary N) is 2. The third kappa shape index (κ3) is 6.41. The SMILES string of the molecule is CCN(Cc1ccccc1)C(=O)CNC(=O)NCC1CCN(c2ccc(F)c(F)c2)C1. The van der Waals surface area contributed by atoms with Crippen molar-refractivity contribution in [1.29, 1.82) is 0 Å². The number of carbonyl (C=O) groups excluding carboxylic acids is 2. The van der Waals surface area contributed by atoms with Gasteiger partial charge in [0.2, 0.25) is 5.91 Å². The minimum absolute atomic E-state index is 0.0713. The van der Waals surface area contributed by atoms with E-state index in [4.69, 9.17) is 0 Å². The smallest absolute Gasteiger partial charge is 0.315 e. The van der Waals surface area contributed by atoms with E-state index in [9.17, 15) is 18.4 Å². The fraction of sp³-hybridized carbons (Fsp3) is 0.391. The highest BCUT2D eigenvalue weighted by atomic mass is 19.2. The highest BCUT2D eigenvalue weighted by molar-refractivity contribution is 5.84. The molecule has 1 unspecified atom stereocenters. The molecule has 1 heterocycles. The predicted octanol–water partition coefficient (Wildman–Crippen LogP) is 3.14. The van der Waals surface area contributed by atoms with Gasteiger partial charge in [0.05, 0.1) is 6.54 Å². The van der Waals surface area contributed by atoms with Crippen LogP contribution in [-0.2, 0) is 11.3 Å². The fourth-order valence-corrected chi connectivity index (χ4v) is 3.66. The Morgan fingerprint density at radius 1 is 1.10 bits per heavy atom. The normalized spacial score (nSPS) is 15.6. The number of likely N-dealkylation sites (N-methyl/N-ethyl adjacent to an activating group) is 1.